The maximum Gasteiger partial charge on any atom is 0.303 e. The smallest absolute Gasteiger partial charge is 0.303 e. The summed E-state index contributed by atoms with van der Waals surface area (Å²) in [6.07, 6.45) is 3.34. The van der Waals surface area contributed by atoms with Crippen molar-refractivity contribution >= 4 is 17.6 Å². The van der Waals surface area contributed by atoms with E-state index in [9.17, 15) is 4.79 Å². The van der Waals surface area contributed by atoms with E-state index in [-0.39, 0.29) is 6.42 Å². The molecule has 0 radical (unpaired) electrons. The van der Waals surface area contributed by atoms with Crippen LogP contribution >= 0.6 is 11.6 Å². The summed E-state index contributed by atoms with van der Waals surface area (Å²) in [5, 5.41) is 9.46. The van der Waals surface area contributed by atoms with Crippen molar-refractivity contribution in [3.63, 3.8) is 0 Å². The number of halogens is 1. The number of carbonyl (C=O) groups is 1. The first-order valence-corrected chi connectivity index (χ1v) is 7.84. The number of nitrogens with zero attached hydrogens (tertiary/aromatic N) is 1. The van der Waals surface area contributed by atoms with Crippen LogP contribution in [0.25, 0.3) is 0 Å². The number of hydrogen-bond acceptors (Lipinski definition) is 3. The maximum absolute atomic E-state index is 10.6. The molecule has 1 saturated heterocycles. The van der Waals surface area contributed by atoms with Crippen LogP contribution in [0.4, 0.5) is 0 Å². The van der Waals surface area contributed by atoms with Crippen LogP contribution in [-0.4, -0.2) is 42.2 Å². The van der Waals surface area contributed by atoms with Crippen LogP contribution < -0.4 is 4.74 Å². The standard InChI is InChI=1S/C16H22ClNO3/c17-14-4-6-15(7-5-14)21-11-10-18-9-1-2-13(12-18)3-8-16(19)20/h4-7,13H,1-3,8-12H2,(H,19,20). The summed E-state index contributed by atoms with van der Waals surface area (Å²) in [6, 6.07) is 7.38. The van der Waals surface area contributed by atoms with Crippen LogP contribution in [0.3, 0.4) is 0 Å². The lowest BCUT2D eigenvalue weighted by Crippen LogP contribution is -2.38. The highest BCUT2D eigenvalue weighted by molar-refractivity contribution is 6.30. The molecule has 1 atom stereocenters. The van der Waals surface area contributed by atoms with Crippen molar-refractivity contribution in [2.75, 3.05) is 26.2 Å². The summed E-state index contributed by atoms with van der Waals surface area (Å²) in [5.74, 6) is 0.641. The maximum atomic E-state index is 10.6. The average Bonchev–Trinajstić information content (AvgIpc) is 2.48. The van der Waals surface area contributed by atoms with E-state index in [1.54, 1.807) is 0 Å². The highest BCUT2D eigenvalue weighted by atomic mass is 35.5. The van der Waals surface area contributed by atoms with Crippen molar-refractivity contribution in [3.05, 3.63) is 29.3 Å². The van der Waals surface area contributed by atoms with Gasteiger partial charge in [0.2, 0.25) is 0 Å². The second-order valence-corrected chi connectivity index (χ2v) is 5.98. The SMILES string of the molecule is O=C(O)CCC1CCCN(CCOc2ccc(Cl)cc2)C1. The molecule has 0 aliphatic carbocycles. The fourth-order valence-corrected chi connectivity index (χ4v) is 2.87. The van der Waals surface area contributed by atoms with Gasteiger partial charge in [0.15, 0.2) is 0 Å². The average molecular weight is 312 g/mol. The predicted octanol–water partition coefficient (Wildman–Crippen LogP) is 3.30. The van der Waals surface area contributed by atoms with Gasteiger partial charge in [0.1, 0.15) is 12.4 Å². The number of benzene rings is 1. The van der Waals surface area contributed by atoms with E-state index in [1.807, 2.05) is 24.3 Å². The van der Waals surface area contributed by atoms with E-state index in [4.69, 9.17) is 21.4 Å². The van der Waals surface area contributed by atoms with Gasteiger partial charge in [-0.3, -0.25) is 9.69 Å². The van der Waals surface area contributed by atoms with E-state index in [1.165, 1.54) is 0 Å². The molecule has 1 fully saturated rings. The van der Waals surface area contributed by atoms with Gasteiger partial charge in [0.25, 0.3) is 0 Å². The van der Waals surface area contributed by atoms with E-state index in [2.05, 4.69) is 4.90 Å². The number of likely N-dealkylation sites (tertiary alicyclic amines) is 1. The van der Waals surface area contributed by atoms with Gasteiger partial charge in [-0.1, -0.05) is 11.6 Å². The van der Waals surface area contributed by atoms with Crippen LogP contribution in [-0.2, 0) is 4.79 Å². The Bertz CT molecular complexity index is 449. The Labute approximate surface area is 130 Å². The first kappa shape index (κ1) is 16.1. The Kier molecular flexibility index (Phi) is 6.33. The molecular formula is C16H22ClNO3. The Morgan fingerprint density at radius 3 is 2.86 bits per heavy atom. The molecule has 1 unspecified atom stereocenters. The molecule has 1 aliphatic heterocycles. The molecule has 2 rings (SSSR count). The Balaban J connectivity index is 1.68. The lowest BCUT2D eigenvalue weighted by atomic mass is 9.93. The Hall–Kier alpha value is -1.26. The van der Waals surface area contributed by atoms with Gasteiger partial charge in [-0.15, -0.1) is 0 Å². The quantitative estimate of drug-likeness (QED) is 0.839. The van der Waals surface area contributed by atoms with Crippen molar-refractivity contribution in [3.8, 4) is 5.75 Å². The van der Waals surface area contributed by atoms with Gasteiger partial charge in [-0.05, 0) is 56.0 Å². The molecule has 0 saturated carbocycles. The lowest BCUT2D eigenvalue weighted by Gasteiger charge is -2.32. The van der Waals surface area contributed by atoms with Gasteiger partial charge in [0.05, 0.1) is 0 Å². The summed E-state index contributed by atoms with van der Waals surface area (Å²) in [6.45, 7) is 3.59. The molecule has 0 spiro atoms. The molecular weight excluding hydrogens is 290 g/mol. The van der Waals surface area contributed by atoms with Crippen molar-refractivity contribution in [1.29, 1.82) is 0 Å². The van der Waals surface area contributed by atoms with E-state index in [0.717, 1.165) is 44.6 Å². The topological polar surface area (TPSA) is 49.8 Å². The third-order valence-electron chi connectivity index (χ3n) is 3.86. The Morgan fingerprint density at radius 1 is 1.38 bits per heavy atom. The van der Waals surface area contributed by atoms with Crippen LogP contribution in [0.1, 0.15) is 25.7 Å². The molecule has 5 heteroatoms. The van der Waals surface area contributed by atoms with Gasteiger partial charge >= 0.3 is 5.97 Å². The number of aliphatic carboxylic acids is 1. The van der Waals surface area contributed by atoms with Gasteiger partial charge in [-0.25, -0.2) is 0 Å². The van der Waals surface area contributed by atoms with Gasteiger partial charge < -0.3 is 9.84 Å². The molecule has 1 aromatic rings. The molecule has 0 aromatic heterocycles. The monoisotopic (exact) mass is 311 g/mol. The number of rotatable bonds is 7. The zero-order chi connectivity index (χ0) is 15.1. The summed E-state index contributed by atoms with van der Waals surface area (Å²) < 4.78 is 5.70. The van der Waals surface area contributed by atoms with Gasteiger partial charge in [-0.2, -0.15) is 0 Å². The van der Waals surface area contributed by atoms with Crippen molar-refractivity contribution < 1.29 is 14.6 Å². The van der Waals surface area contributed by atoms with E-state index < -0.39 is 5.97 Å². The van der Waals surface area contributed by atoms with Crippen LogP contribution in [0.15, 0.2) is 24.3 Å². The fraction of sp³-hybridized carbons (Fsp3) is 0.562. The molecule has 0 amide bonds. The zero-order valence-electron chi connectivity index (χ0n) is 12.1. The number of carboxylic acids is 1. The summed E-state index contributed by atoms with van der Waals surface area (Å²) >= 11 is 5.83. The molecule has 1 aromatic carbocycles. The molecule has 1 N–H and O–H groups in total. The molecule has 21 heavy (non-hydrogen) atoms. The summed E-state index contributed by atoms with van der Waals surface area (Å²) in [7, 11) is 0. The second kappa shape index (κ2) is 8.25. The molecule has 1 heterocycles. The zero-order valence-corrected chi connectivity index (χ0v) is 12.9. The van der Waals surface area contributed by atoms with Crippen LogP contribution in [0.5, 0.6) is 5.75 Å². The Morgan fingerprint density at radius 2 is 2.14 bits per heavy atom. The van der Waals surface area contributed by atoms with Crippen molar-refractivity contribution in [1.82, 2.24) is 4.90 Å². The van der Waals surface area contributed by atoms with Crippen LogP contribution in [0.2, 0.25) is 5.02 Å². The highest BCUT2D eigenvalue weighted by Gasteiger charge is 2.20. The highest BCUT2D eigenvalue weighted by Crippen LogP contribution is 2.21. The van der Waals surface area contributed by atoms with Crippen LogP contribution in [0, 0.1) is 5.92 Å². The number of piperidine rings is 1. The van der Waals surface area contributed by atoms with Crippen molar-refractivity contribution in [2.45, 2.75) is 25.7 Å². The van der Waals surface area contributed by atoms with Crippen molar-refractivity contribution in [2.24, 2.45) is 5.92 Å². The van der Waals surface area contributed by atoms with Gasteiger partial charge in [0, 0.05) is 24.5 Å². The summed E-state index contributed by atoms with van der Waals surface area (Å²) in [5.41, 5.74) is 0. The summed E-state index contributed by atoms with van der Waals surface area (Å²) in [4.78, 5) is 13.0. The molecule has 0 bridgehead atoms. The number of carboxylic acid groups (broad SMARTS) is 1. The predicted molar refractivity (Wildman–Crippen MR) is 83.0 cm³/mol. The third-order valence-corrected chi connectivity index (χ3v) is 4.11. The normalized spacial score (nSPS) is 19.4. The molecule has 116 valence electrons. The number of ether oxygens (including phenoxy) is 1. The minimum Gasteiger partial charge on any atom is -0.492 e. The minimum atomic E-state index is -0.696. The molecule has 1 aliphatic rings. The number of hydrogen-bond donors (Lipinski definition) is 1. The largest absolute Gasteiger partial charge is 0.492 e. The van der Waals surface area contributed by atoms with E-state index >= 15 is 0 Å². The lowest BCUT2D eigenvalue weighted by molar-refractivity contribution is -0.137. The minimum absolute atomic E-state index is 0.278. The second-order valence-electron chi connectivity index (χ2n) is 5.54. The molecule has 4 nitrogen and oxygen atoms in total. The first-order valence-electron chi connectivity index (χ1n) is 7.46. The van der Waals surface area contributed by atoms with E-state index in [0.29, 0.717) is 17.5 Å². The first-order chi connectivity index (χ1) is 10.1. The third kappa shape index (κ3) is 5.94. The fourth-order valence-electron chi connectivity index (χ4n) is 2.74.